The lowest BCUT2D eigenvalue weighted by Gasteiger charge is -2.25. The normalized spacial score (nSPS) is 23.2. The van der Waals surface area contributed by atoms with E-state index in [1.54, 1.807) is 12.1 Å². The van der Waals surface area contributed by atoms with Gasteiger partial charge < -0.3 is 25.0 Å². The highest BCUT2D eigenvalue weighted by Crippen LogP contribution is 2.36. The Labute approximate surface area is 205 Å². The number of alkyl halides is 3. The van der Waals surface area contributed by atoms with Gasteiger partial charge in [0.1, 0.15) is 0 Å². The Morgan fingerprint density at radius 1 is 1.03 bits per heavy atom. The summed E-state index contributed by atoms with van der Waals surface area (Å²) in [7, 11) is 0. The molecule has 0 radical (unpaired) electrons. The number of fused-ring (bicyclic) bond motifs is 1. The summed E-state index contributed by atoms with van der Waals surface area (Å²) in [5.41, 5.74) is 1.13. The SMILES string of the molecule is OCC1C(O)CC(NCc2ccc3c(c2)OCO3)C1Cc1ccnc(-c2cccc(C(F)(F)F)c2)n1. The number of hydrogen-bond acceptors (Lipinski definition) is 7. The molecule has 2 aliphatic rings. The number of nitrogens with zero attached hydrogens (tertiary/aromatic N) is 2. The van der Waals surface area contributed by atoms with Crippen molar-refractivity contribution < 1.29 is 32.9 Å². The van der Waals surface area contributed by atoms with E-state index < -0.39 is 17.8 Å². The van der Waals surface area contributed by atoms with Gasteiger partial charge in [0.2, 0.25) is 6.79 Å². The third kappa shape index (κ3) is 5.16. The van der Waals surface area contributed by atoms with Gasteiger partial charge in [0, 0.05) is 42.6 Å². The fourth-order valence-corrected chi connectivity index (χ4v) is 5.00. The molecule has 2 aromatic carbocycles. The Morgan fingerprint density at radius 2 is 1.86 bits per heavy atom. The average molecular weight is 502 g/mol. The molecule has 1 aliphatic heterocycles. The van der Waals surface area contributed by atoms with E-state index in [9.17, 15) is 23.4 Å². The van der Waals surface area contributed by atoms with E-state index >= 15 is 0 Å². The van der Waals surface area contributed by atoms with Crippen LogP contribution >= 0.6 is 0 Å². The fraction of sp³-hybridized carbons (Fsp3) is 0.385. The van der Waals surface area contributed by atoms with Crippen LogP contribution in [0.5, 0.6) is 11.5 Å². The number of halogens is 3. The number of aliphatic hydroxyl groups excluding tert-OH is 2. The summed E-state index contributed by atoms with van der Waals surface area (Å²) in [6.07, 6.45) is -2.73. The van der Waals surface area contributed by atoms with Crippen molar-refractivity contribution in [2.45, 2.75) is 37.7 Å². The summed E-state index contributed by atoms with van der Waals surface area (Å²) in [6.45, 7) is 0.546. The maximum absolute atomic E-state index is 13.1. The van der Waals surface area contributed by atoms with Crippen molar-refractivity contribution >= 4 is 0 Å². The molecule has 4 atom stereocenters. The van der Waals surface area contributed by atoms with Crippen LogP contribution in [-0.4, -0.2) is 45.7 Å². The molecule has 2 heterocycles. The number of aromatic nitrogens is 2. The van der Waals surface area contributed by atoms with E-state index in [0.717, 1.165) is 17.7 Å². The second-order valence-electron chi connectivity index (χ2n) is 9.14. The molecule has 1 saturated carbocycles. The third-order valence-electron chi connectivity index (χ3n) is 6.88. The molecule has 7 nitrogen and oxygen atoms in total. The molecule has 0 amide bonds. The van der Waals surface area contributed by atoms with E-state index in [0.29, 0.717) is 36.6 Å². The molecule has 190 valence electrons. The van der Waals surface area contributed by atoms with Crippen molar-refractivity contribution in [2.75, 3.05) is 13.4 Å². The Morgan fingerprint density at radius 3 is 2.67 bits per heavy atom. The van der Waals surface area contributed by atoms with Crippen LogP contribution in [0.15, 0.2) is 54.7 Å². The zero-order valence-electron chi connectivity index (χ0n) is 19.3. The first-order valence-corrected chi connectivity index (χ1v) is 11.7. The Kier molecular flexibility index (Phi) is 6.83. The summed E-state index contributed by atoms with van der Waals surface area (Å²) in [5.74, 6) is 1.10. The van der Waals surface area contributed by atoms with Crippen molar-refractivity contribution in [3.63, 3.8) is 0 Å². The largest absolute Gasteiger partial charge is 0.454 e. The lowest BCUT2D eigenvalue weighted by molar-refractivity contribution is -0.137. The van der Waals surface area contributed by atoms with E-state index in [1.807, 2.05) is 18.2 Å². The topological polar surface area (TPSA) is 96.7 Å². The zero-order valence-corrected chi connectivity index (χ0v) is 19.3. The molecule has 1 aromatic heterocycles. The molecule has 4 unspecified atom stereocenters. The smallest absolute Gasteiger partial charge is 0.416 e. The standard InChI is InChI=1S/C26H26F3N3O4/c27-26(28,29)17-3-1-2-16(9-17)25-30-7-6-18(32-25)10-19-20(13-33)22(34)11-21(19)31-12-15-4-5-23-24(8-15)36-14-35-23/h1-9,19-22,31,33-34H,10-14H2. The molecule has 36 heavy (non-hydrogen) atoms. The highest BCUT2D eigenvalue weighted by molar-refractivity contribution is 5.56. The summed E-state index contributed by atoms with van der Waals surface area (Å²) < 4.78 is 50.2. The summed E-state index contributed by atoms with van der Waals surface area (Å²) in [5, 5.41) is 24.1. The van der Waals surface area contributed by atoms with Crippen molar-refractivity contribution in [3.8, 4) is 22.9 Å². The minimum absolute atomic E-state index is 0.102. The molecule has 1 aliphatic carbocycles. The summed E-state index contributed by atoms with van der Waals surface area (Å²) >= 11 is 0. The van der Waals surface area contributed by atoms with Gasteiger partial charge in [-0.3, -0.25) is 0 Å². The molecular weight excluding hydrogens is 475 g/mol. The van der Waals surface area contributed by atoms with Crippen molar-refractivity contribution in [2.24, 2.45) is 11.8 Å². The molecule has 0 spiro atoms. The van der Waals surface area contributed by atoms with E-state index in [2.05, 4.69) is 15.3 Å². The monoisotopic (exact) mass is 501 g/mol. The minimum Gasteiger partial charge on any atom is -0.454 e. The number of aliphatic hydroxyl groups is 2. The highest BCUT2D eigenvalue weighted by atomic mass is 19.4. The molecule has 0 bridgehead atoms. The molecule has 1 fully saturated rings. The predicted octanol–water partition coefficient (Wildman–Crippen LogP) is 3.58. The first kappa shape index (κ1) is 24.5. The van der Waals surface area contributed by atoms with Crippen molar-refractivity contribution in [1.29, 1.82) is 0 Å². The second-order valence-corrected chi connectivity index (χ2v) is 9.14. The van der Waals surface area contributed by atoms with Crippen molar-refractivity contribution in [3.05, 3.63) is 71.5 Å². The molecule has 10 heteroatoms. The van der Waals surface area contributed by atoms with Crippen LogP contribution in [0.3, 0.4) is 0 Å². The number of ether oxygens (including phenoxy) is 2. The van der Waals surface area contributed by atoms with E-state index in [-0.39, 0.29) is 42.7 Å². The van der Waals surface area contributed by atoms with Crippen LogP contribution < -0.4 is 14.8 Å². The number of rotatable bonds is 7. The molecule has 3 N–H and O–H groups in total. The van der Waals surface area contributed by atoms with Crippen LogP contribution in [0, 0.1) is 11.8 Å². The van der Waals surface area contributed by atoms with Gasteiger partial charge in [-0.05, 0) is 54.7 Å². The van der Waals surface area contributed by atoms with Gasteiger partial charge >= 0.3 is 6.18 Å². The van der Waals surface area contributed by atoms with Crippen LogP contribution in [0.1, 0.15) is 23.2 Å². The maximum atomic E-state index is 13.1. The number of nitrogens with one attached hydrogen (secondary N) is 1. The van der Waals surface area contributed by atoms with Crippen molar-refractivity contribution in [1.82, 2.24) is 15.3 Å². The van der Waals surface area contributed by atoms with Crippen LogP contribution in [0.25, 0.3) is 11.4 Å². The zero-order chi connectivity index (χ0) is 25.3. The Balaban J connectivity index is 1.33. The molecule has 5 rings (SSSR count). The quantitative estimate of drug-likeness (QED) is 0.455. The Hall–Kier alpha value is -3.21. The molecular formula is C26H26F3N3O4. The lowest BCUT2D eigenvalue weighted by Crippen LogP contribution is -2.36. The predicted molar refractivity (Wildman–Crippen MR) is 124 cm³/mol. The van der Waals surface area contributed by atoms with Gasteiger partial charge in [-0.2, -0.15) is 13.2 Å². The first-order chi connectivity index (χ1) is 17.3. The fourth-order valence-electron chi connectivity index (χ4n) is 5.00. The van der Waals surface area contributed by atoms with Gasteiger partial charge in [-0.15, -0.1) is 0 Å². The number of hydrogen-bond donors (Lipinski definition) is 3. The van der Waals surface area contributed by atoms with E-state index in [4.69, 9.17) is 9.47 Å². The third-order valence-corrected chi connectivity index (χ3v) is 6.88. The van der Waals surface area contributed by atoms with Crippen LogP contribution in [0.4, 0.5) is 13.2 Å². The molecule has 0 saturated heterocycles. The highest BCUT2D eigenvalue weighted by Gasteiger charge is 2.42. The lowest BCUT2D eigenvalue weighted by atomic mass is 9.88. The van der Waals surface area contributed by atoms with Gasteiger partial charge in [0.05, 0.1) is 11.7 Å². The average Bonchev–Trinajstić information content (AvgIpc) is 3.45. The Bertz CT molecular complexity index is 1220. The second kappa shape index (κ2) is 10.0. The van der Waals surface area contributed by atoms with Gasteiger partial charge in [-0.25, -0.2) is 9.97 Å². The summed E-state index contributed by atoms with van der Waals surface area (Å²) in [4.78, 5) is 8.69. The van der Waals surface area contributed by atoms with Gasteiger partial charge in [0.25, 0.3) is 0 Å². The van der Waals surface area contributed by atoms with E-state index in [1.165, 1.54) is 12.3 Å². The van der Waals surface area contributed by atoms with Gasteiger partial charge in [0.15, 0.2) is 17.3 Å². The van der Waals surface area contributed by atoms with Crippen LogP contribution in [-0.2, 0) is 19.1 Å². The summed E-state index contributed by atoms with van der Waals surface area (Å²) in [6, 6.07) is 12.2. The molecule has 3 aromatic rings. The first-order valence-electron chi connectivity index (χ1n) is 11.7. The van der Waals surface area contributed by atoms with Gasteiger partial charge in [-0.1, -0.05) is 18.2 Å². The maximum Gasteiger partial charge on any atom is 0.416 e. The number of benzene rings is 2. The minimum atomic E-state index is -4.46. The van der Waals surface area contributed by atoms with Crippen LogP contribution in [0.2, 0.25) is 0 Å².